The van der Waals surface area contributed by atoms with E-state index in [-0.39, 0.29) is 11.5 Å². The molecule has 1 aliphatic rings. The molecule has 150 valence electrons. The molecule has 1 heterocycles. The van der Waals surface area contributed by atoms with E-state index in [1.807, 2.05) is 42.5 Å². The molecule has 3 aromatic rings. The second-order valence-corrected chi connectivity index (χ2v) is 6.87. The Hall–Kier alpha value is -3.86. The van der Waals surface area contributed by atoms with Gasteiger partial charge in [0.2, 0.25) is 5.78 Å². The van der Waals surface area contributed by atoms with Crippen LogP contribution >= 0.6 is 0 Å². The molecule has 5 nitrogen and oxygen atoms in total. The van der Waals surface area contributed by atoms with Gasteiger partial charge in [-0.2, -0.15) is 0 Å². The molecule has 1 atom stereocenters. The Balaban J connectivity index is 1.52. The minimum absolute atomic E-state index is 0.190. The molecule has 5 heteroatoms. The quantitative estimate of drug-likeness (QED) is 0.450. The van der Waals surface area contributed by atoms with E-state index in [2.05, 4.69) is 16.9 Å². The number of fused-ring (bicyclic) bond motifs is 1. The van der Waals surface area contributed by atoms with Gasteiger partial charge in [0.15, 0.2) is 11.9 Å². The van der Waals surface area contributed by atoms with E-state index in [9.17, 15) is 9.59 Å². The van der Waals surface area contributed by atoms with E-state index in [0.717, 1.165) is 16.7 Å². The van der Waals surface area contributed by atoms with Crippen molar-refractivity contribution < 1.29 is 23.8 Å². The van der Waals surface area contributed by atoms with Gasteiger partial charge in [0.1, 0.15) is 11.5 Å². The molecule has 0 fully saturated rings. The normalized spacial score (nSPS) is 14.7. The maximum atomic E-state index is 12.7. The van der Waals surface area contributed by atoms with E-state index in [1.54, 1.807) is 31.2 Å². The highest BCUT2D eigenvalue weighted by Gasteiger charge is 2.28. The molecule has 0 amide bonds. The van der Waals surface area contributed by atoms with Crippen LogP contribution in [-0.4, -0.2) is 25.0 Å². The summed E-state index contributed by atoms with van der Waals surface area (Å²) >= 11 is 0. The summed E-state index contributed by atoms with van der Waals surface area (Å²) < 4.78 is 16.0. The van der Waals surface area contributed by atoms with E-state index in [0.29, 0.717) is 17.1 Å². The smallest absolute Gasteiger partial charge is 0.346 e. The fraction of sp³-hybridized carbons (Fsp3) is 0.120. The van der Waals surface area contributed by atoms with Crippen LogP contribution in [-0.2, 0) is 9.53 Å². The topological polar surface area (TPSA) is 61.8 Å². The summed E-state index contributed by atoms with van der Waals surface area (Å²) in [6.45, 7) is 1.59. The van der Waals surface area contributed by atoms with Crippen molar-refractivity contribution in [2.45, 2.75) is 13.0 Å². The minimum atomic E-state index is -0.761. The van der Waals surface area contributed by atoms with E-state index < -0.39 is 12.1 Å². The molecule has 0 N–H and O–H groups in total. The van der Waals surface area contributed by atoms with Crippen LogP contribution in [0.25, 0.3) is 17.2 Å². The highest BCUT2D eigenvalue weighted by Crippen LogP contribution is 2.35. The zero-order valence-corrected chi connectivity index (χ0v) is 16.6. The number of ketones is 1. The SMILES string of the molecule is COC(=O)[C@@H](C)Oc1ccc2c(c1)O/C(=C\c1ccc(-c3ccccc3)cc1)C2=O. The fourth-order valence-electron chi connectivity index (χ4n) is 3.21. The number of ether oxygens (including phenoxy) is 3. The largest absolute Gasteiger partial charge is 0.479 e. The molecule has 0 bridgehead atoms. The number of allylic oxidation sites excluding steroid dienone is 1. The van der Waals surface area contributed by atoms with Gasteiger partial charge >= 0.3 is 5.97 Å². The second kappa shape index (κ2) is 8.25. The van der Waals surface area contributed by atoms with Crippen LogP contribution in [0, 0.1) is 0 Å². The Morgan fingerprint density at radius 1 is 0.967 bits per heavy atom. The summed E-state index contributed by atoms with van der Waals surface area (Å²) in [5.74, 6) is 0.405. The number of hydrogen-bond acceptors (Lipinski definition) is 5. The first kappa shape index (κ1) is 19.5. The van der Waals surface area contributed by atoms with Crippen molar-refractivity contribution in [1.82, 2.24) is 0 Å². The van der Waals surface area contributed by atoms with Crippen molar-refractivity contribution in [2.24, 2.45) is 0 Å². The minimum Gasteiger partial charge on any atom is -0.479 e. The van der Waals surface area contributed by atoms with Crippen LogP contribution in [0.4, 0.5) is 0 Å². The zero-order chi connectivity index (χ0) is 21.1. The molecule has 0 radical (unpaired) electrons. The number of hydrogen-bond donors (Lipinski definition) is 0. The molecule has 3 aromatic carbocycles. The number of Topliss-reactive ketones (excluding diaryl/α,β-unsaturated/α-hetero) is 1. The molecule has 4 rings (SSSR count). The van der Waals surface area contributed by atoms with Gasteiger partial charge in [0.25, 0.3) is 0 Å². The highest BCUT2D eigenvalue weighted by atomic mass is 16.6. The van der Waals surface area contributed by atoms with Gasteiger partial charge < -0.3 is 14.2 Å². The van der Waals surface area contributed by atoms with Crippen molar-refractivity contribution in [2.75, 3.05) is 7.11 Å². The lowest BCUT2D eigenvalue weighted by Crippen LogP contribution is -2.24. The first-order valence-electron chi connectivity index (χ1n) is 9.53. The Labute approximate surface area is 174 Å². The molecule has 0 aliphatic carbocycles. The predicted octanol–water partition coefficient (Wildman–Crippen LogP) is 4.91. The number of methoxy groups -OCH3 is 1. The van der Waals surface area contributed by atoms with E-state index in [1.165, 1.54) is 7.11 Å². The molecular weight excluding hydrogens is 380 g/mol. The zero-order valence-electron chi connectivity index (χ0n) is 16.6. The third-order valence-electron chi connectivity index (χ3n) is 4.80. The summed E-state index contributed by atoms with van der Waals surface area (Å²) in [7, 11) is 1.30. The Kier molecular flexibility index (Phi) is 5.35. The van der Waals surface area contributed by atoms with Gasteiger partial charge in [0.05, 0.1) is 12.7 Å². The van der Waals surface area contributed by atoms with E-state index >= 15 is 0 Å². The number of carbonyl (C=O) groups excluding carboxylic acids is 2. The predicted molar refractivity (Wildman–Crippen MR) is 113 cm³/mol. The van der Waals surface area contributed by atoms with Crippen molar-refractivity contribution in [3.8, 4) is 22.6 Å². The number of carbonyl (C=O) groups is 2. The van der Waals surface area contributed by atoms with E-state index in [4.69, 9.17) is 9.47 Å². The monoisotopic (exact) mass is 400 g/mol. The summed E-state index contributed by atoms with van der Waals surface area (Å²) in [5, 5.41) is 0. The number of rotatable bonds is 5. The average molecular weight is 400 g/mol. The molecule has 1 aliphatic heterocycles. The van der Waals surface area contributed by atoms with Crippen LogP contribution in [0.1, 0.15) is 22.8 Å². The van der Waals surface area contributed by atoms with Gasteiger partial charge in [-0.3, -0.25) is 4.79 Å². The lowest BCUT2D eigenvalue weighted by molar-refractivity contribution is -0.147. The lowest BCUT2D eigenvalue weighted by atomic mass is 10.0. The molecule has 0 unspecified atom stereocenters. The highest BCUT2D eigenvalue weighted by molar-refractivity contribution is 6.14. The van der Waals surface area contributed by atoms with Gasteiger partial charge in [0, 0.05) is 6.07 Å². The fourth-order valence-corrected chi connectivity index (χ4v) is 3.21. The first-order chi connectivity index (χ1) is 14.5. The first-order valence-corrected chi connectivity index (χ1v) is 9.53. The van der Waals surface area contributed by atoms with Gasteiger partial charge in [-0.15, -0.1) is 0 Å². The van der Waals surface area contributed by atoms with Gasteiger partial charge in [-0.1, -0.05) is 54.6 Å². The number of benzene rings is 3. The lowest BCUT2D eigenvalue weighted by Gasteiger charge is -2.12. The third kappa shape index (κ3) is 3.96. The Morgan fingerprint density at radius 2 is 1.67 bits per heavy atom. The van der Waals surface area contributed by atoms with Crippen molar-refractivity contribution >= 4 is 17.8 Å². The molecule has 0 aromatic heterocycles. The average Bonchev–Trinajstić information content (AvgIpc) is 3.08. The van der Waals surface area contributed by atoms with Crippen LogP contribution in [0.5, 0.6) is 11.5 Å². The summed E-state index contributed by atoms with van der Waals surface area (Å²) in [4.78, 5) is 24.2. The van der Waals surface area contributed by atoms with Crippen LogP contribution in [0.2, 0.25) is 0 Å². The molecule has 30 heavy (non-hydrogen) atoms. The van der Waals surface area contributed by atoms with Gasteiger partial charge in [-0.25, -0.2) is 4.79 Å². The molecule has 0 spiro atoms. The molecular formula is C25H20O5. The van der Waals surface area contributed by atoms with Crippen molar-refractivity contribution in [1.29, 1.82) is 0 Å². The number of esters is 1. The maximum Gasteiger partial charge on any atom is 0.346 e. The van der Waals surface area contributed by atoms with Crippen molar-refractivity contribution in [3.05, 3.63) is 89.7 Å². The second-order valence-electron chi connectivity index (χ2n) is 6.87. The molecule has 0 saturated carbocycles. The summed E-state index contributed by atoms with van der Waals surface area (Å²) in [5.41, 5.74) is 3.55. The standard InChI is InChI=1S/C25H20O5/c1-16(25(27)28-2)29-20-12-13-21-22(15-20)30-23(24(21)26)14-17-8-10-19(11-9-17)18-6-4-3-5-7-18/h3-16H,1-2H3/b23-14-/t16-/m1/s1. The van der Waals surface area contributed by atoms with Gasteiger partial charge in [-0.05, 0) is 41.8 Å². The molecule has 0 saturated heterocycles. The Morgan fingerprint density at radius 3 is 2.37 bits per heavy atom. The summed E-state index contributed by atoms with van der Waals surface area (Å²) in [6, 6.07) is 22.9. The third-order valence-corrected chi connectivity index (χ3v) is 4.80. The van der Waals surface area contributed by atoms with Crippen molar-refractivity contribution in [3.63, 3.8) is 0 Å². The van der Waals surface area contributed by atoms with Crippen LogP contribution < -0.4 is 9.47 Å². The van der Waals surface area contributed by atoms with Crippen LogP contribution in [0.3, 0.4) is 0 Å². The summed E-state index contributed by atoms with van der Waals surface area (Å²) in [6.07, 6.45) is 0.956. The maximum absolute atomic E-state index is 12.7. The van der Waals surface area contributed by atoms with Crippen LogP contribution in [0.15, 0.2) is 78.6 Å². The Bertz CT molecular complexity index is 1110.